The number of nitrogens with one attached hydrogen (secondary N) is 2. The van der Waals surface area contributed by atoms with Crippen LogP contribution in [0.3, 0.4) is 0 Å². The summed E-state index contributed by atoms with van der Waals surface area (Å²) in [7, 11) is 0. The van der Waals surface area contributed by atoms with Crippen LogP contribution < -0.4 is 10.1 Å². The number of benzene rings is 2. The number of hydrogen-bond acceptors (Lipinski definition) is 2. The number of alkyl halides is 3. The Morgan fingerprint density at radius 3 is 2.45 bits per heavy atom. The highest BCUT2D eigenvalue weighted by Gasteiger charge is 2.34. The average molecular weight is 428 g/mol. The summed E-state index contributed by atoms with van der Waals surface area (Å²) in [5.74, 6) is 1.11. The van der Waals surface area contributed by atoms with Crippen LogP contribution in [0.25, 0.3) is 10.9 Å². The second-order valence-electron chi connectivity index (χ2n) is 8.55. The monoisotopic (exact) mass is 428 g/mol. The molecule has 2 saturated carbocycles. The Hall–Kier alpha value is -2.96. The molecular weight excluding hydrogens is 405 g/mol. The molecule has 0 atom stereocenters. The third-order valence-corrected chi connectivity index (χ3v) is 6.49. The van der Waals surface area contributed by atoms with Crippen LogP contribution in [0.2, 0.25) is 0 Å². The number of ether oxygens (including phenoxy) is 1. The highest BCUT2D eigenvalue weighted by molar-refractivity contribution is 6.02. The summed E-state index contributed by atoms with van der Waals surface area (Å²) in [6, 6.07) is 11.1. The van der Waals surface area contributed by atoms with Crippen LogP contribution in [0, 0.1) is 5.92 Å². The van der Waals surface area contributed by atoms with Crippen molar-refractivity contribution in [2.24, 2.45) is 5.92 Å². The number of aromatic nitrogens is 1. The molecule has 7 heteroatoms. The highest BCUT2D eigenvalue weighted by Crippen LogP contribution is 2.41. The number of aromatic amines is 1. The first kappa shape index (κ1) is 20.0. The van der Waals surface area contributed by atoms with Crippen LogP contribution in [0.15, 0.2) is 48.7 Å². The van der Waals surface area contributed by atoms with Crippen molar-refractivity contribution >= 4 is 22.5 Å². The Morgan fingerprint density at radius 1 is 1.06 bits per heavy atom. The molecule has 1 amide bonds. The van der Waals surface area contributed by atoms with Crippen molar-refractivity contribution in [2.75, 3.05) is 5.32 Å². The molecule has 0 spiro atoms. The third kappa shape index (κ3) is 4.01. The van der Waals surface area contributed by atoms with E-state index in [0.717, 1.165) is 72.1 Å². The summed E-state index contributed by atoms with van der Waals surface area (Å²) in [6.45, 7) is 0. The molecule has 0 bridgehead atoms. The summed E-state index contributed by atoms with van der Waals surface area (Å²) in [4.78, 5) is 15.5. The molecule has 2 aliphatic rings. The van der Waals surface area contributed by atoms with Crippen molar-refractivity contribution in [3.05, 3.63) is 59.8 Å². The largest absolute Gasteiger partial charge is 0.490 e. The molecule has 0 radical (unpaired) electrons. The van der Waals surface area contributed by atoms with E-state index in [0.29, 0.717) is 0 Å². The Kier molecular flexibility index (Phi) is 4.91. The molecule has 0 unspecified atom stereocenters. The molecule has 162 valence electrons. The van der Waals surface area contributed by atoms with Gasteiger partial charge in [0.05, 0.1) is 17.4 Å². The van der Waals surface area contributed by atoms with E-state index in [-0.39, 0.29) is 23.8 Å². The van der Waals surface area contributed by atoms with Crippen LogP contribution in [0.1, 0.15) is 49.1 Å². The van der Waals surface area contributed by atoms with Crippen molar-refractivity contribution in [1.29, 1.82) is 0 Å². The second-order valence-corrected chi connectivity index (χ2v) is 8.55. The molecule has 2 aromatic carbocycles. The first-order valence-corrected chi connectivity index (χ1v) is 10.6. The fraction of sp³-hybridized carbons (Fsp3) is 0.375. The van der Waals surface area contributed by atoms with E-state index < -0.39 is 11.7 Å². The van der Waals surface area contributed by atoms with E-state index in [9.17, 15) is 18.0 Å². The second kappa shape index (κ2) is 7.62. The number of halogens is 3. The third-order valence-electron chi connectivity index (χ3n) is 6.49. The van der Waals surface area contributed by atoms with E-state index in [1.54, 1.807) is 18.3 Å². The summed E-state index contributed by atoms with van der Waals surface area (Å²) in [5, 5.41) is 3.92. The predicted molar refractivity (Wildman–Crippen MR) is 112 cm³/mol. The maximum atomic E-state index is 12.7. The van der Waals surface area contributed by atoms with Crippen molar-refractivity contribution in [2.45, 2.75) is 50.3 Å². The zero-order valence-corrected chi connectivity index (χ0v) is 16.8. The molecule has 2 fully saturated rings. The lowest BCUT2D eigenvalue weighted by atomic mass is 9.77. The summed E-state index contributed by atoms with van der Waals surface area (Å²) < 4.78 is 44.3. The van der Waals surface area contributed by atoms with E-state index in [4.69, 9.17) is 4.74 Å². The van der Waals surface area contributed by atoms with Gasteiger partial charge in [-0.3, -0.25) is 4.79 Å². The minimum atomic E-state index is -4.31. The zero-order valence-electron chi connectivity index (χ0n) is 16.8. The van der Waals surface area contributed by atoms with Gasteiger partial charge >= 0.3 is 6.18 Å². The number of anilines is 1. The molecule has 2 N–H and O–H groups in total. The Bertz CT molecular complexity index is 1090. The molecule has 0 saturated heterocycles. The summed E-state index contributed by atoms with van der Waals surface area (Å²) in [6.07, 6.45) is 2.06. The summed E-state index contributed by atoms with van der Waals surface area (Å²) >= 11 is 0. The number of fused-ring (bicyclic) bond motifs is 1. The molecule has 3 aromatic rings. The quantitative estimate of drug-likeness (QED) is 0.505. The van der Waals surface area contributed by atoms with Gasteiger partial charge < -0.3 is 15.0 Å². The summed E-state index contributed by atoms with van der Waals surface area (Å²) in [5.41, 5.74) is 1.97. The smallest absolute Gasteiger partial charge is 0.416 e. The van der Waals surface area contributed by atoms with Gasteiger partial charge in [0, 0.05) is 23.0 Å². The van der Waals surface area contributed by atoms with Crippen molar-refractivity contribution in [3.8, 4) is 5.75 Å². The molecule has 5 rings (SSSR count). The normalized spacial score (nSPS) is 21.4. The standard InChI is InChI=1S/C24H23F3N2O2/c25-24(26,27)17-6-4-14(5-7-17)16-10-19(11-16)31-18-8-9-21-20(12-18)22(13-28-21)29-23(30)15-2-1-3-15/h4-9,12-13,15-16,19,28H,1-3,10-11H2,(H,29,30). The molecule has 0 aliphatic heterocycles. The van der Waals surface area contributed by atoms with Crippen LogP contribution in [-0.4, -0.2) is 17.0 Å². The lowest BCUT2D eigenvalue weighted by Crippen LogP contribution is -2.32. The van der Waals surface area contributed by atoms with Gasteiger partial charge in [0.1, 0.15) is 5.75 Å². The first-order valence-electron chi connectivity index (χ1n) is 10.6. The molecule has 2 aliphatic carbocycles. The van der Waals surface area contributed by atoms with Gasteiger partial charge in [-0.25, -0.2) is 0 Å². The topological polar surface area (TPSA) is 54.1 Å². The van der Waals surface area contributed by atoms with Gasteiger partial charge in [-0.15, -0.1) is 0 Å². The highest BCUT2D eigenvalue weighted by atomic mass is 19.4. The van der Waals surface area contributed by atoms with Gasteiger partial charge in [0.2, 0.25) is 5.91 Å². The molecule has 1 heterocycles. The number of carbonyl (C=O) groups is 1. The fourth-order valence-electron chi connectivity index (χ4n) is 4.25. The number of H-pyrrole nitrogens is 1. The minimum absolute atomic E-state index is 0.0247. The SMILES string of the molecule is O=C(Nc1c[nH]c2ccc(OC3CC(c4ccc(C(F)(F)F)cc4)C3)cc12)C1CCC1. The number of carbonyl (C=O) groups excluding carboxylic acids is 1. The van der Waals surface area contributed by atoms with Gasteiger partial charge in [-0.05, 0) is 67.5 Å². The van der Waals surface area contributed by atoms with Crippen molar-refractivity contribution < 1.29 is 22.7 Å². The first-order chi connectivity index (χ1) is 14.9. The van der Waals surface area contributed by atoms with Crippen LogP contribution in [0.5, 0.6) is 5.75 Å². The van der Waals surface area contributed by atoms with E-state index in [1.807, 2.05) is 18.2 Å². The number of rotatable bonds is 5. The molecule has 31 heavy (non-hydrogen) atoms. The average Bonchev–Trinajstić information content (AvgIpc) is 3.04. The molecule has 1 aromatic heterocycles. The maximum Gasteiger partial charge on any atom is 0.416 e. The van der Waals surface area contributed by atoms with E-state index in [1.165, 1.54) is 0 Å². The van der Waals surface area contributed by atoms with Gasteiger partial charge in [-0.2, -0.15) is 13.2 Å². The van der Waals surface area contributed by atoms with Gasteiger partial charge in [-0.1, -0.05) is 18.6 Å². The lowest BCUT2D eigenvalue weighted by Gasteiger charge is -2.35. The fourth-order valence-corrected chi connectivity index (χ4v) is 4.25. The van der Waals surface area contributed by atoms with E-state index >= 15 is 0 Å². The Labute approximate surface area is 177 Å². The van der Waals surface area contributed by atoms with Crippen LogP contribution >= 0.6 is 0 Å². The number of hydrogen-bond donors (Lipinski definition) is 2. The van der Waals surface area contributed by atoms with Crippen LogP contribution in [0.4, 0.5) is 18.9 Å². The Balaban J connectivity index is 1.21. The molecular formula is C24H23F3N2O2. The predicted octanol–water partition coefficient (Wildman–Crippen LogP) is 6.25. The van der Waals surface area contributed by atoms with Gasteiger partial charge in [0.25, 0.3) is 0 Å². The van der Waals surface area contributed by atoms with Crippen molar-refractivity contribution in [1.82, 2.24) is 4.98 Å². The Morgan fingerprint density at radius 2 is 1.81 bits per heavy atom. The maximum absolute atomic E-state index is 12.7. The molecule has 4 nitrogen and oxygen atoms in total. The number of amides is 1. The van der Waals surface area contributed by atoms with Gasteiger partial charge in [0.15, 0.2) is 0 Å². The van der Waals surface area contributed by atoms with Crippen molar-refractivity contribution in [3.63, 3.8) is 0 Å². The van der Waals surface area contributed by atoms with Crippen LogP contribution in [-0.2, 0) is 11.0 Å². The minimum Gasteiger partial charge on any atom is -0.490 e. The zero-order chi connectivity index (χ0) is 21.6. The van der Waals surface area contributed by atoms with E-state index in [2.05, 4.69) is 10.3 Å². The lowest BCUT2D eigenvalue weighted by molar-refractivity contribution is -0.137.